The standard InChI is InChI=1S/C21H21ClN2O4/c1-3-28-21(26)19-18(20(25)15-6-8-16(22)9-7-15)13-24(23-19)12-14-4-10-17(27-2)11-5-14/h4-11,13,20,25H,3,12H2,1-2H3. The van der Waals surface area contributed by atoms with Gasteiger partial charge < -0.3 is 14.6 Å². The number of esters is 1. The van der Waals surface area contributed by atoms with Crippen molar-refractivity contribution in [3.63, 3.8) is 0 Å². The van der Waals surface area contributed by atoms with Gasteiger partial charge in [0.1, 0.15) is 11.9 Å². The first-order valence-electron chi connectivity index (χ1n) is 8.82. The van der Waals surface area contributed by atoms with Gasteiger partial charge in [0.15, 0.2) is 5.69 Å². The van der Waals surface area contributed by atoms with Crippen LogP contribution in [0.1, 0.15) is 40.2 Å². The van der Waals surface area contributed by atoms with Crippen LogP contribution in [0.2, 0.25) is 5.02 Å². The molecule has 3 rings (SSSR count). The minimum Gasteiger partial charge on any atom is -0.497 e. The molecule has 0 aliphatic carbocycles. The number of nitrogens with zero attached hydrogens (tertiary/aromatic N) is 2. The van der Waals surface area contributed by atoms with Gasteiger partial charge in [-0.3, -0.25) is 4.68 Å². The highest BCUT2D eigenvalue weighted by Crippen LogP contribution is 2.26. The first-order valence-corrected chi connectivity index (χ1v) is 9.20. The molecule has 1 aromatic heterocycles. The number of aliphatic hydroxyl groups is 1. The van der Waals surface area contributed by atoms with Gasteiger partial charge in [-0.05, 0) is 42.3 Å². The summed E-state index contributed by atoms with van der Waals surface area (Å²) in [6.45, 7) is 2.38. The Morgan fingerprint density at radius 2 is 1.86 bits per heavy atom. The van der Waals surface area contributed by atoms with Crippen molar-refractivity contribution < 1.29 is 19.4 Å². The van der Waals surface area contributed by atoms with E-state index in [-0.39, 0.29) is 12.3 Å². The number of benzene rings is 2. The van der Waals surface area contributed by atoms with Gasteiger partial charge in [0.2, 0.25) is 0 Å². The first-order chi connectivity index (χ1) is 13.5. The Hall–Kier alpha value is -2.83. The predicted octanol–water partition coefficient (Wildman–Crippen LogP) is 3.85. The van der Waals surface area contributed by atoms with E-state index in [2.05, 4.69) is 5.10 Å². The SMILES string of the molecule is CCOC(=O)c1nn(Cc2ccc(OC)cc2)cc1C(O)c1ccc(Cl)cc1. The molecule has 1 unspecified atom stereocenters. The molecule has 0 radical (unpaired) electrons. The van der Waals surface area contributed by atoms with Gasteiger partial charge >= 0.3 is 5.97 Å². The Balaban J connectivity index is 1.92. The lowest BCUT2D eigenvalue weighted by Crippen LogP contribution is -2.11. The summed E-state index contributed by atoms with van der Waals surface area (Å²) < 4.78 is 11.9. The first kappa shape index (κ1) is 19.9. The Morgan fingerprint density at radius 1 is 1.18 bits per heavy atom. The second kappa shape index (κ2) is 8.91. The number of aliphatic hydroxyl groups excluding tert-OH is 1. The van der Waals surface area contributed by atoms with E-state index in [9.17, 15) is 9.90 Å². The van der Waals surface area contributed by atoms with E-state index in [1.54, 1.807) is 49.2 Å². The highest BCUT2D eigenvalue weighted by atomic mass is 35.5. The molecule has 1 heterocycles. The summed E-state index contributed by atoms with van der Waals surface area (Å²) in [5, 5.41) is 15.7. The second-order valence-electron chi connectivity index (χ2n) is 6.15. The molecule has 7 heteroatoms. The Bertz CT molecular complexity index is 936. The lowest BCUT2D eigenvalue weighted by molar-refractivity contribution is 0.0513. The number of ether oxygens (including phenoxy) is 2. The highest BCUT2D eigenvalue weighted by molar-refractivity contribution is 6.30. The molecule has 0 amide bonds. The summed E-state index contributed by atoms with van der Waals surface area (Å²) >= 11 is 5.92. The van der Waals surface area contributed by atoms with Crippen molar-refractivity contribution >= 4 is 17.6 Å². The van der Waals surface area contributed by atoms with E-state index in [1.807, 2.05) is 24.3 Å². The van der Waals surface area contributed by atoms with Gasteiger partial charge in [-0.2, -0.15) is 5.10 Å². The Labute approximate surface area is 168 Å². The largest absolute Gasteiger partial charge is 0.497 e. The number of methoxy groups -OCH3 is 1. The van der Waals surface area contributed by atoms with Gasteiger partial charge in [-0.15, -0.1) is 0 Å². The van der Waals surface area contributed by atoms with Crippen LogP contribution in [0.3, 0.4) is 0 Å². The number of hydrogen-bond donors (Lipinski definition) is 1. The van der Waals surface area contributed by atoms with Gasteiger partial charge in [0.05, 0.1) is 20.3 Å². The van der Waals surface area contributed by atoms with Crippen LogP contribution in [-0.4, -0.2) is 34.6 Å². The minimum absolute atomic E-state index is 0.0952. The normalized spacial score (nSPS) is 11.9. The van der Waals surface area contributed by atoms with Crippen LogP contribution in [0, 0.1) is 0 Å². The molecule has 0 fully saturated rings. The van der Waals surface area contributed by atoms with Gasteiger partial charge in [0.25, 0.3) is 0 Å². The molecule has 0 aliphatic heterocycles. The third-order valence-corrected chi connectivity index (χ3v) is 4.49. The number of carbonyl (C=O) groups excluding carboxylic acids is 1. The van der Waals surface area contributed by atoms with E-state index in [1.165, 1.54) is 0 Å². The summed E-state index contributed by atoms with van der Waals surface area (Å²) in [6.07, 6.45) is 0.636. The van der Waals surface area contributed by atoms with Crippen LogP contribution >= 0.6 is 11.6 Å². The molecular formula is C21H21ClN2O4. The van der Waals surface area contributed by atoms with Gasteiger partial charge in [0, 0.05) is 16.8 Å². The molecule has 0 saturated heterocycles. The number of rotatable bonds is 7. The fourth-order valence-electron chi connectivity index (χ4n) is 2.82. The van der Waals surface area contributed by atoms with E-state index in [0.29, 0.717) is 22.7 Å². The molecule has 0 spiro atoms. The Kier molecular flexibility index (Phi) is 6.34. The average molecular weight is 401 g/mol. The van der Waals surface area contributed by atoms with Gasteiger partial charge in [-0.25, -0.2) is 4.79 Å². The summed E-state index contributed by atoms with van der Waals surface area (Å²) in [5.41, 5.74) is 2.07. The van der Waals surface area contributed by atoms with Crippen LogP contribution in [-0.2, 0) is 11.3 Å². The topological polar surface area (TPSA) is 73.6 Å². The fraction of sp³-hybridized carbons (Fsp3) is 0.238. The molecule has 2 aromatic carbocycles. The molecule has 3 aromatic rings. The van der Waals surface area contributed by atoms with Crippen molar-refractivity contribution in [1.82, 2.24) is 9.78 Å². The van der Waals surface area contributed by atoms with Crippen LogP contribution in [0.25, 0.3) is 0 Å². The quantitative estimate of drug-likeness (QED) is 0.610. The van der Waals surface area contributed by atoms with E-state index < -0.39 is 12.1 Å². The Morgan fingerprint density at radius 3 is 2.46 bits per heavy atom. The molecule has 28 heavy (non-hydrogen) atoms. The van der Waals surface area contributed by atoms with Crippen LogP contribution < -0.4 is 4.74 Å². The zero-order chi connectivity index (χ0) is 20.1. The lowest BCUT2D eigenvalue weighted by Gasteiger charge is -2.10. The predicted molar refractivity (Wildman–Crippen MR) is 106 cm³/mol. The van der Waals surface area contributed by atoms with Crippen LogP contribution in [0.4, 0.5) is 0 Å². The van der Waals surface area contributed by atoms with Gasteiger partial charge in [-0.1, -0.05) is 35.9 Å². The van der Waals surface area contributed by atoms with E-state index >= 15 is 0 Å². The monoisotopic (exact) mass is 400 g/mol. The van der Waals surface area contributed by atoms with Crippen molar-refractivity contribution in [3.8, 4) is 5.75 Å². The summed E-state index contributed by atoms with van der Waals surface area (Å²) in [6, 6.07) is 14.3. The maximum Gasteiger partial charge on any atom is 0.359 e. The molecule has 1 atom stereocenters. The lowest BCUT2D eigenvalue weighted by atomic mass is 10.0. The van der Waals surface area contributed by atoms with Crippen LogP contribution in [0.5, 0.6) is 5.75 Å². The fourth-order valence-corrected chi connectivity index (χ4v) is 2.94. The van der Waals surface area contributed by atoms with E-state index in [0.717, 1.165) is 11.3 Å². The number of halogens is 1. The van der Waals surface area contributed by atoms with Crippen molar-refractivity contribution in [2.24, 2.45) is 0 Å². The smallest absolute Gasteiger partial charge is 0.359 e. The molecule has 0 saturated carbocycles. The molecule has 1 N–H and O–H groups in total. The van der Waals surface area contributed by atoms with E-state index in [4.69, 9.17) is 21.1 Å². The number of aromatic nitrogens is 2. The number of hydrogen-bond acceptors (Lipinski definition) is 5. The van der Waals surface area contributed by atoms with Crippen molar-refractivity contribution in [2.45, 2.75) is 19.6 Å². The summed E-state index contributed by atoms with van der Waals surface area (Å²) in [7, 11) is 1.61. The maximum absolute atomic E-state index is 12.4. The third kappa shape index (κ3) is 4.52. The third-order valence-electron chi connectivity index (χ3n) is 4.24. The van der Waals surface area contributed by atoms with Crippen molar-refractivity contribution in [2.75, 3.05) is 13.7 Å². The molecule has 6 nitrogen and oxygen atoms in total. The van der Waals surface area contributed by atoms with Crippen molar-refractivity contribution in [1.29, 1.82) is 0 Å². The number of carbonyl (C=O) groups is 1. The summed E-state index contributed by atoms with van der Waals surface area (Å²) in [5.74, 6) is 0.189. The maximum atomic E-state index is 12.4. The zero-order valence-electron chi connectivity index (χ0n) is 15.6. The van der Waals surface area contributed by atoms with Crippen LogP contribution in [0.15, 0.2) is 54.7 Å². The zero-order valence-corrected chi connectivity index (χ0v) is 16.4. The highest BCUT2D eigenvalue weighted by Gasteiger charge is 2.24. The molecule has 146 valence electrons. The minimum atomic E-state index is -1.03. The molecule has 0 bridgehead atoms. The molecular weight excluding hydrogens is 380 g/mol. The second-order valence-corrected chi connectivity index (χ2v) is 6.59. The summed E-state index contributed by atoms with van der Waals surface area (Å²) in [4.78, 5) is 12.4. The molecule has 0 aliphatic rings. The van der Waals surface area contributed by atoms with Crippen molar-refractivity contribution in [3.05, 3.63) is 82.1 Å². The average Bonchev–Trinajstić information content (AvgIpc) is 3.13.